The first-order valence-corrected chi connectivity index (χ1v) is 15.6. The van der Waals surface area contributed by atoms with Gasteiger partial charge in [0.05, 0.1) is 165 Å². The lowest BCUT2D eigenvalue weighted by atomic mass is 10.5. The molecule has 0 aromatic rings. The van der Waals surface area contributed by atoms with E-state index in [1.807, 2.05) is 0 Å². The number of carboxylic acid groups (broad SMARTS) is 1. The molecule has 0 heterocycles. The van der Waals surface area contributed by atoms with Gasteiger partial charge in [-0.3, -0.25) is 4.79 Å². The second kappa shape index (κ2) is 38.5. The largest absolute Gasteiger partial charge is 0.481 e. The van der Waals surface area contributed by atoms with Crippen molar-refractivity contribution in [3.8, 4) is 0 Å². The SMILES string of the molecule is O=C(O)CCOCCOCCOCCOCCOCCOCCOCCOCCOCCOCCOCCOCCBr. The molecule has 0 fully saturated rings. The Hall–Kier alpha value is -0.530. The van der Waals surface area contributed by atoms with Crippen LogP contribution >= 0.6 is 15.9 Å². The Morgan fingerprint density at radius 2 is 0.500 bits per heavy atom. The Labute approximate surface area is 258 Å². The van der Waals surface area contributed by atoms with Gasteiger partial charge >= 0.3 is 5.97 Å². The van der Waals surface area contributed by atoms with E-state index in [1.165, 1.54) is 0 Å². The fourth-order valence-electron chi connectivity index (χ4n) is 2.74. The van der Waals surface area contributed by atoms with Gasteiger partial charge in [0.2, 0.25) is 0 Å². The maximum Gasteiger partial charge on any atom is 0.305 e. The summed E-state index contributed by atoms with van der Waals surface area (Å²) in [6.45, 7) is 11.8. The van der Waals surface area contributed by atoms with Gasteiger partial charge in [-0.05, 0) is 0 Å². The van der Waals surface area contributed by atoms with Crippen LogP contribution in [-0.4, -0.2) is 175 Å². The molecule has 0 aromatic carbocycles. The third-order valence-electron chi connectivity index (χ3n) is 4.77. The Bertz CT molecular complexity index is 521. The molecular formula is C27H53BrO14. The molecule has 0 spiro atoms. The molecule has 0 aromatic heterocycles. The van der Waals surface area contributed by atoms with Crippen LogP contribution in [0.25, 0.3) is 0 Å². The van der Waals surface area contributed by atoms with Gasteiger partial charge in [0.15, 0.2) is 0 Å². The minimum Gasteiger partial charge on any atom is -0.481 e. The van der Waals surface area contributed by atoms with Crippen molar-refractivity contribution in [1.82, 2.24) is 0 Å². The predicted octanol–water partition coefficient (Wildman–Crippen LogP) is 1.06. The van der Waals surface area contributed by atoms with Crippen LogP contribution in [-0.2, 0) is 61.6 Å². The van der Waals surface area contributed by atoms with Crippen molar-refractivity contribution in [3.63, 3.8) is 0 Å². The number of aliphatic carboxylic acids is 1. The second-order valence-corrected chi connectivity index (χ2v) is 8.97. The smallest absolute Gasteiger partial charge is 0.305 e. The highest BCUT2D eigenvalue weighted by molar-refractivity contribution is 9.09. The summed E-state index contributed by atoms with van der Waals surface area (Å²) in [6.07, 6.45) is -0.00137. The van der Waals surface area contributed by atoms with E-state index in [4.69, 9.17) is 61.9 Å². The van der Waals surface area contributed by atoms with Crippen LogP contribution in [0.2, 0.25) is 0 Å². The summed E-state index contributed by atoms with van der Waals surface area (Å²) in [6, 6.07) is 0. The summed E-state index contributed by atoms with van der Waals surface area (Å²) < 4.78 is 64.6. The molecule has 0 aliphatic rings. The third kappa shape index (κ3) is 39.5. The lowest BCUT2D eigenvalue weighted by Gasteiger charge is -2.09. The van der Waals surface area contributed by atoms with E-state index in [0.717, 1.165) is 5.33 Å². The number of alkyl halides is 1. The number of ether oxygens (including phenoxy) is 12. The first-order chi connectivity index (χ1) is 20.8. The fraction of sp³-hybridized carbons (Fsp3) is 0.963. The molecule has 15 heteroatoms. The molecule has 0 unspecified atom stereocenters. The maximum absolute atomic E-state index is 10.3. The van der Waals surface area contributed by atoms with Crippen molar-refractivity contribution in [2.75, 3.05) is 164 Å². The van der Waals surface area contributed by atoms with Crippen molar-refractivity contribution in [1.29, 1.82) is 0 Å². The summed E-state index contributed by atoms with van der Waals surface area (Å²) in [4.78, 5) is 10.3. The van der Waals surface area contributed by atoms with Gasteiger partial charge in [0, 0.05) is 5.33 Å². The monoisotopic (exact) mass is 680 g/mol. The summed E-state index contributed by atoms with van der Waals surface area (Å²) in [7, 11) is 0. The Morgan fingerprint density at radius 1 is 0.333 bits per heavy atom. The van der Waals surface area contributed by atoms with Crippen molar-refractivity contribution >= 4 is 21.9 Å². The number of carbonyl (C=O) groups is 1. The molecule has 0 rings (SSSR count). The van der Waals surface area contributed by atoms with Gasteiger partial charge in [-0.15, -0.1) is 0 Å². The Morgan fingerprint density at radius 3 is 0.667 bits per heavy atom. The normalized spacial score (nSPS) is 11.5. The van der Waals surface area contributed by atoms with Crippen molar-refractivity contribution in [2.45, 2.75) is 6.42 Å². The average molecular weight is 682 g/mol. The highest BCUT2D eigenvalue weighted by atomic mass is 79.9. The maximum atomic E-state index is 10.3. The zero-order valence-electron chi connectivity index (χ0n) is 25.0. The lowest BCUT2D eigenvalue weighted by molar-refractivity contribution is -0.138. The fourth-order valence-corrected chi connectivity index (χ4v) is 2.96. The van der Waals surface area contributed by atoms with Gasteiger partial charge in [-0.2, -0.15) is 0 Å². The number of halogens is 1. The highest BCUT2D eigenvalue weighted by Crippen LogP contribution is 1.88. The van der Waals surface area contributed by atoms with Gasteiger partial charge < -0.3 is 61.9 Å². The Balaban J connectivity index is 3.03. The molecule has 0 aliphatic carbocycles. The molecule has 0 saturated carbocycles. The first kappa shape index (κ1) is 41.5. The van der Waals surface area contributed by atoms with E-state index in [0.29, 0.717) is 152 Å². The van der Waals surface area contributed by atoms with Gasteiger partial charge in [0.25, 0.3) is 0 Å². The average Bonchev–Trinajstić information content (AvgIpc) is 2.98. The standard InChI is InChI=1S/C27H53BrO14/c28-2-4-32-6-8-34-10-12-36-14-16-38-18-20-40-22-24-42-26-25-41-23-21-39-19-17-37-15-13-35-11-9-33-7-5-31-3-1-27(29)30/h1-26H2,(H,29,30). The number of hydrogen-bond donors (Lipinski definition) is 1. The molecular weight excluding hydrogens is 628 g/mol. The third-order valence-corrected chi connectivity index (χ3v) is 5.10. The molecule has 0 amide bonds. The molecule has 0 aliphatic heterocycles. The lowest BCUT2D eigenvalue weighted by Crippen LogP contribution is -2.15. The second-order valence-electron chi connectivity index (χ2n) is 8.18. The van der Waals surface area contributed by atoms with Crippen LogP contribution in [0.3, 0.4) is 0 Å². The van der Waals surface area contributed by atoms with Crippen LogP contribution in [0.1, 0.15) is 6.42 Å². The minimum atomic E-state index is -0.874. The number of carboxylic acids is 1. The number of rotatable bonds is 38. The van der Waals surface area contributed by atoms with E-state index in [1.54, 1.807) is 0 Å². The van der Waals surface area contributed by atoms with E-state index in [2.05, 4.69) is 15.9 Å². The highest BCUT2D eigenvalue weighted by Gasteiger charge is 1.98. The van der Waals surface area contributed by atoms with E-state index in [9.17, 15) is 4.79 Å². The molecule has 42 heavy (non-hydrogen) atoms. The Kier molecular flexibility index (Phi) is 38.0. The van der Waals surface area contributed by atoms with Crippen molar-refractivity contribution < 1.29 is 66.7 Å². The van der Waals surface area contributed by atoms with Crippen LogP contribution in [0.15, 0.2) is 0 Å². The number of hydrogen-bond acceptors (Lipinski definition) is 13. The van der Waals surface area contributed by atoms with Crippen molar-refractivity contribution in [2.24, 2.45) is 0 Å². The zero-order valence-corrected chi connectivity index (χ0v) is 26.6. The van der Waals surface area contributed by atoms with Crippen LogP contribution in [0.4, 0.5) is 0 Å². The molecule has 252 valence electrons. The molecule has 0 radical (unpaired) electrons. The molecule has 1 N–H and O–H groups in total. The van der Waals surface area contributed by atoms with E-state index < -0.39 is 5.97 Å². The predicted molar refractivity (Wildman–Crippen MR) is 156 cm³/mol. The molecule has 14 nitrogen and oxygen atoms in total. The van der Waals surface area contributed by atoms with Gasteiger partial charge in [-0.25, -0.2) is 0 Å². The first-order valence-electron chi connectivity index (χ1n) is 14.5. The summed E-state index contributed by atoms with van der Waals surface area (Å²) in [5.41, 5.74) is 0. The van der Waals surface area contributed by atoms with E-state index >= 15 is 0 Å². The van der Waals surface area contributed by atoms with Crippen LogP contribution in [0, 0.1) is 0 Å². The quantitative estimate of drug-likeness (QED) is 0.0732. The van der Waals surface area contributed by atoms with E-state index in [-0.39, 0.29) is 13.0 Å². The minimum absolute atomic E-state index is 0.00137. The molecule has 0 atom stereocenters. The van der Waals surface area contributed by atoms with Crippen LogP contribution in [0.5, 0.6) is 0 Å². The molecule has 0 saturated heterocycles. The summed E-state index contributed by atoms with van der Waals surface area (Å²) in [5, 5.41) is 9.31. The topological polar surface area (TPSA) is 148 Å². The summed E-state index contributed by atoms with van der Waals surface area (Å²) >= 11 is 3.29. The van der Waals surface area contributed by atoms with Gasteiger partial charge in [0.1, 0.15) is 0 Å². The molecule has 0 bridgehead atoms. The summed E-state index contributed by atoms with van der Waals surface area (Å²) in [5.74, 6) is -0.874. The van der Waals surface area contributed by atoms with Gasteiger partial charge in [-0.1, -0.05) is 15.9 Å². The van der Waals surface area contributed by atoms with Crippen molar-refractivity contribution in [3.05, 3.63) is 0 Å². The zero-order chi connectivity index (χ0) is 30.4. The van der Waals surface area contributed by atoms with Crippen LogP contribution < -0.4 is 0 Å².